The van der Waals surface area contributed by atoms with Crippen LogP contribution in [0.1, 0.15) is 49.4 Å². The Hall–Kier alpha value is -4.02. The molecule has 4 rings (SSSR count). The van der Waals surface area contributed by atoms with E-state index in [0.29, 0.717) is 50.7 Å². The van der Waals surface area contributed by atoms with Crippen LogP contribution in [0.4, 0.5) is 32.0 Å². The number of likely N-dealkylation sites (tertiary alicyclic amines) is 1. The number of amides is 2. The van der Waals surface area contributed by atoms with E-state index < -0.39 is 46.3 Å². The van der Waals surface area contributed by atoms with Gasteiger partial charge in [0.2, 0.25) is 21.8 Å². The van der Waals surface area contributed by atoms with Crippen molar-refractivity contribution in [3.05, 3.63) is 29.8 Å². The van der Waals surface area contributed by atoms with Crippen molar-refractivity contribution in [2.45, 2.75) is 69.5 Å². The smallest absolute Gasteiger partial charge is 0.478 e. The monoisotopic (exact) mass is 777 g/mol. The Morgan fingerprint density at radius 3 is 1.69 bits per heavy atom. The fraction of sp³-hybridized carbons (Fsp3) is 0.633. The molecule has 0 bridgehead atoms. The highest BCUT2D eigenvalue weighted by Crippen LogP contribution is 2.34. The first-order valence-corrected chi connectivity index (χ1v) is 17.7. The van der Waals surface area contributed by atoms with E-state index in [1.165, 1.54) is 22.7 Å². The third-order valence-electron chi connectivity index (χ3n) is 8.87. The number of hydrogen-bond donors (Lipinski definition) is 5. The van der Waals surface area contributed by atoms with E-state index in [1.807, 2.05) is 6.92 Å². The van der Waals surface area contributed by atoms with E-state index >= 15 is 0 Å². The molecule has 294 valence electrons. The summed E-state index contributed by atoms with van der Waals surface area (Å²) in [4.78, 5) is 60.0. The summed E-state index contributed by atoms with van der Waals surface area (Å²) < 4.78 is 88.8. The summed E-state index contributed by atoms with van der Waals surface area (Å²) in [7, 11) is -3.26. The highest BCUT2D eigenvalue weighted by molar-refractivity contribution is 7.88. The number of nitrogens with two attached hydrogens (primary N) is 1. The predicted octanol–water partition coefficient (Wildman–Crippen LogP) is 2.29. The van der Waals surface area contributed by atoms with Gasteiger partial charge in [0.25, 0.3) is 0 Å². The molecule has 2 saturated heterocycles. The minimum Gasteiger partial charge on any atom is -0.478 e. The number of alkyl halides is 6. The van der Waals surface area contributed by atoms with Crippen LogP contribution in [0.25, 0.3) is 0 Å². The molecule has 0 aromatic heterocycles. The van der Waals surface area contributed by atoms with Crippen molar-refractivity contribution in [1.82, 2.24) is 14.1 Å². The quantitative estimate of drug-likeness (QED) is 0.252. The number of carboxylic acid groups (broad SMARTS) is 3. The van der Waals surface area contributed by atoms with Gasteiger partial charge in [-0.1, -0.05) is 0 Å². The first-order chi connectivity index (χ1) is 23.8. The van der Waals surface area contributed by atoms with E-state index in [2.05, 4.69) is 10.2 Å². The van der Waals surface area contributed by atoms with Gasteiger partial charge in [-0.15, -0.1) is 0 Å². The molecule has 0 unspecified atom stereocenters. The summed E-state index contributed by atoms with van der Waals surface area (Å²) in [6.07, 6.45) is -5.20. The minimum atomic E-state index is -5.08. The van der Waals surface area contributed by atoms with Gasteiger partial charge in [0.15, 0.2) is 0 Å². The zero-order chi connectivity index (χ0) is 39.8. The van der Waals surface area contributed by atoms with E-state index in [4.69, 9.17) is 30.6 Å². The van der Waals surface area contributed by atoms with Crippen LogP contribution < -0.4 is 11.1 Å². The molecule has 6 N–H and O–H groups in total. The summed E-state index contributed by atoms with van der Waals surface area (Å²) in [5.74, 6) is -6.61. The van der Waals surface area contributed by atoms with Gasteiger partial charge in [-0.05, 0) is 69.2 Å². The Balaban J connectivity index is 0.000000564. The zero-order valence-corrected chi connectivity index (χ0v) is 28.9. The summed E-state index contributed by atoms with van der Waals surface area (Å²) in [5, 5.41) is 26.2. The number of hydrogen-bond acceptors (Lipinski definition) is 9. The van der Waals surface area contributed by atoms with Crippen LogP contribution in [0.3, 0.4) is 0 Å². The number of sulfonamides is 1. The Morgan fingerprint density at radius 2 is 1.31 bits per heavy atom. The third kappa shape index (κ3) is 13.2. The fourth-order valence-electron chi connectivity index (χ4n) is 6.02. The molecule has 1 saturated carbocycles. The van der Waals surface area contributed by atoms with Crippen LogP contribution in [0, 0.1) is 11.8 Å². The molecule has 22 heteroatoms. The number of benzene rings is 1. The summed E-state index contributed by atoms with van der Waals surface area (Å²) in [5.41, 5.74) is 6.67. The number of piperazine rings is 1. The van der Waals surface area contributed by atoms with Gasteiger partial charge >= 0.3 is 30.3 Å². The molecular weight excluding hydrogens is 736 g/mol. The molecule has 2 heterocycles. The Kier molecular flexibility index (Phi) is 15.4. The number of aromatic carboxylic acids is 1. The SMILES string of the molecule is C[C@H](N)C1CCC(C(=O)N2C[C@@H](N3CCN(S(C)(=O)=O)CC3)C[C@H]2C(=O)Nc2ccc(C(=O)O)cc2)CC1.O=C(O)C(F)(F)F.O=C(O)C(F)(F)F. The molecule has 15 nitrogen and oxygen atoms in total. The van der Waals surface area contributed by atoms with Crippen molar-refractivity contribution in [2.24, 2.45) is 17.6 Å². The number of carbonyl (C=O) groups excluding carboxylic acids is 2. The van der Waals surface area contributed by atoms with Crippen molar-refractivity contribution in [3.8, 4) is 0 Å². The van der Waals surface area contributed by atoms with Gasteiger partial charge < -0.3 is 31.3 Å². The van der Waals surface area contributed by atoms with Crippen molar-refractivity contribution in [1.29, 1.82) is 0 Å². The second kappa shape index (κ2) is 18.1. The number of carbonyl (C=O) groups is 5. The van der Waals surface area contributed by atoms with E-state index in [-0.39, 0.29) is 35.4 Å². The van der Waals surface area contributed by atoms with Crippen LogP contribution in [0.5, 0.6) is 0 Å². The Bertz CT molecular complexity index is 1500. The number of rotatable bonds is 7. The topological polar surface area (TPSA) is 228 Å². The van der Waals surface area contributed by atoms with E-state index in [1.54, 1.807) is 17.0 Å². The van der Waals surface area contributed by atoms with Gasteiger partial charge in [0.05, 0.1) is 11.8 Å². The first-order valence-electron chi connectivity index (χ1n) is 15.8. The highest BCUT2D eigenvalue weighted by atomic mass is 32.2. The maximum absolute atomic E-state index is 13.7. The summed E-state index contributed by atoms with van der Waals surface area (Å²) in [6, 6.07) is 5.32. The molecule has 0 spiro atoms. The second-order valence-corrected chi connectivity index (χ2v) is 14.5. The standard InChI is InChI=1S/C26H39N5O6S.2C2HF3O2/c1-17(27)18-3-5-19(6-4-18)25(33)31-16-22(29-11-13-30(14-12-29)38(2,36)37)15-23(31)24(32)28-21-9-7-20(8-10-21)26(34)35;2*3-2(4,5)1(6)7/h7-10,17-19,22-23H,3-6,11-16,27H2,1-2H3,(H,28,32)(H,34,35);2*(H,6,7)/t17-,18?,19?,22-,23-;;/m0../s1. The van der Waals surface area contributed by atoms with E-state index in [9.17, 15) is 49.1 Å². The van der Waals surface area contributed by atoms with Crippen LogP contribution in [-0.4, -0.2) is 137 Å². The lowest BCUT2D eigenvalue weighted by molar-refractivity contribution is -0.193. The van der Waals surface area contributed by atoms with E-state index in [0.717, 1.165) is 25.7 Å². The number of aliphatic carboxylic acids is 2. The summed E-state index contributed by atoms with van der Waals surface area (Å²) in [6.45, 7) is 4.29. The van der Waals surface area contributed by atoms with Gasteiger partial charge in [-0.3, -0.25) is 14.5 Å². The average molecular weight is 778 g/mol. The molecule has 3 aliphatic rings. The number of halogens is 6. The van der Waals surface area contributed by atoms with Gasteiger partial charge in [-0.25, -0.2) is 22.8 Å². The second-order valence-electron chi connectivity index (χ2n) is 12.5. The molecule has 1 aliphatic carbocycles. The van der Waals surface area contributed by atoms with Crippen LogP contribution in [0.2, 0.25) is 0 Å². The van der Waals surface area contributed by atoms with Gasteiger partial charge in [-0.2, -0.15) is 30.6 Å². The average Bonchev–Trinajstić information content (AvgIpc) is 3.50. The lowest BCUT2D eigenvalue weighted by Crippen LogP contribution is -2.52. The fourth-order valence-corrected chi connectivity index (χ4v) is 6.85. The maximum Gasteiger partial charge on any atom is 0.490 e. The molecule has 0 radical (unpaired) electrons. The molecule has 2 aliphatic heterocycles. The zero-order valence-electron chi connectivity index (χ0n) is 28.1. The number of nitrogens with zero attached hydrogens (tertiary/aromatic N) is 3. The van der Waals surface area contributed by atoms with Crippen molar-refractivity contribution >= 4 is 45.4 Å². The molecule has 1 aromatic rings. The molecule has 3 fully saturated rings. The molecule has 52 heavy (non-hydrogen) atoms. The molecular formula is C30H41F6N5O10S. The minimum absolute atomic E-state index is 0.00762. The lowest BCUT2D eigenvalue weighted by Gasteiger charge is -2.37. The number of carboxylic acids is 3. The molecule has 3 atom stereocenters. The van der Waals surface area contributed by atoms with Gasteiger partial charge in [0.1, 0.15) is 6.04 Å². The van der Waals surface area contributed by atoms with Crippen LogP contribution in [-0.2, 0) is 29.2 Å². The number of nitrogens with one attached hydrogen (secondary N) is 1. The van der Waals surface area contributed by atoms with Gasteiger partial charge in [0, 0.05) is 56.4 Å². The van der Waals surface area contributed by atoms with Crippen molar-refractivity contribution in [2.75, 3.05) is 44.3 Å². The highest BCUT2D eigenvalue weighted by Gasteiger charge is 2.45. The first kappa shape index (κ1) is 44.1. The molecule has 2 amide bonds. The normalized spacial score (nSPS) is 23.6. The predicted molar refractivity (Wildman–Crippen MR) is 170 cm³/mol. The Morgan fingerprint density at radius 1 is 0.846 bits per heavy atom. The maximum atomic E-state index is 13.7. The van der Waals surface area contributed by atoms with Crippen LogP contribution in [0.15, 0.2) is 24.3 Å². The number of anilines is 1. The largest absolute Gasteiger partial charge is 0.490 e. The third-order valence-corrected chi connectivity index (χ3v) is 10.2. The molecule has 1 aromatic carbocycles. The van der Waals surface area contributed by atoms with Crippen molar-refractivity contribution < 1.29 is 74.1 Å². The summed E-state index contributed by atoms with van der Waals surface area (Å²) >= 11 is 0. The van der Waals surface area contributed by atoms with Crippen molar-refractivity contribution in [3.63, 3.8) is 0 Å². The lowest BCUT2D eigenvalue weighted by atomic mass is 9.78. The Labute approximate surface area is 294 Å². The van der Waals surface area contributed by atoms with Crippen LogP contribution >= 0.6 is 0 Å².